The molecule has 1 rings (SSSR count). The fourth-order valence-corrected chi connectivity index (χ4v) is 0.765. The highest BCUT2D eigenvalue weighted by Crippen LogP contribution is 1.92. The second kappa shape index (κ2) is 2.60. The minimum Gasteiger partial charge on any atom is -0.119 e. The Morgan fingerprint density at radius 2 is 2.62 bits per heavy atom. The van der Waals surface area contributed by atoms with Crippen molar-refractivity contribution in [3.8, 4) is 0 Å². The molecule has 44 valence electrons. The van der Waals surface area contributed by atoms with Crippen LogP contribution in [0.4, 0.5) is 0 Å². The molecule has 0 fully saturated rings. The van der Waals surface area contributed by atoms with E-state index in [4.69, 9.17) is 0 Å². The number of nitrogens with zero attached hydrogens (tertiary/aromatic N) is 2. The van der Waals surface area contributed by atoms with Gasteiger partial charge in [-0.05, 0) is 5.11 Å². The SMILES string of the molecule is CCC[N+]1=NC=CC1. The van der Waals surface area contributed by atoms with Crippen LogP contribution in [-0.2, 0) is 0 Å². The first-order valence-electron chi connectivity index (χ1n) is 3.04. The van der Waals surface area contributed by atoms with Gasteiger partial charge in [0.05, 0.1) is 6.20 Å². The van der Waals surface area contributed by atoms with Gasteiger partial charge in [-0.25, -0.2) is 0 Å². The largest absolute Gasteiger partial charge is 0.189 e. The monoisotopic (exact) mass is 111 g/mol. The third-order valence-corrected chi connectivity index (χ3v) is 1.13. The topological polar surface area (TPSA) is 15.4 Å². The summed E-state index contributed by atoms with van der Waals surface area (Å²) in [6, 6.07) is 0. The van der Waals surface area contributed by atoms with Crippen LogP contribution in [0.25, 0.3) is 0 Å². The lowest BCUT2D eigenvalue weighted by atomic mass is 10.5. The van der Waals surface area contributed by atoms with Crippen LogP contribution in [0.3, 0.4) is 0 Å². The Kier molecular flexibility index (Phi) is 1.78. The molecule has 0 aromatic heterocycles. The molecule has 0 amide bonds. The highest BCUT2D eigenvalue weighted by atomic mass is 15.3. The molecule has 0 saturated carbocycles. The van der Waals surface area contributed by atoms with Crippen LogP contribution in [0.2, 0.25) is 0 Å². The van der Waals surface area contributed by atoms with Gasteiger partial charge in [0.15, 0.2) is 13.1 Å². The lowest BCUT2D eigenvalue weighted by molar-refractivity contribution is -0.576. The summed E-state index contributed by atoms with van der Waals surface area (Å²) in [6.07, 6.45) is 5.11. The van der Waals surface area contributed by atoms with Gasteiger partial charge in [0.2, 0.25) is 0 Å². The van der Waals surface area contributed by atoms with Crippen molar-refractivity contribution >= 4 is 0 Å². The van der Waals surface area contributed by atoms with E-state index < -0.39 is 0 Å². The molecule has 0 spiro atoms. The van der Waals surface area contributed by atoms with Crippen molar-refractivity contribution in [1.29, 1.82) is 0 Å². The first kappa shape index (κ1) is 5.48. The van der Waals surface area contributed by atoms with Crippen molar-refractivity contribution in [2.45, 2.75) is 13.3 Å². The Hall–Kier alpha value is -0.660. The zero-order valence-corrected chi connectivity index (χ0v) is 5.17. The van der Waals surface area contributed by atoms with E-state index in [2.05, 4.69) is 22.8 Å². The lowest BCUT2D eigenvalue weighted by Gasteiger charge is -1.86. The molecular weight excluding hydrogens is 100 g/mol. The Balaban J connectivity index is 2.28. The maximum atomic E-state index is 4.08. The summed E-state index contributed by atoms with van der Waals surface area (Å²) in [6.45, 7) is 4.26. The first-order valence-corrected chi connectivity index (χ1v) is 3.04. The Morgan fingerprint density at radius 3 is 3.12 bits per heavy atom. The molecule has 0 aromatic carbocycles. The summed E-state index contributed by atoms with van der Waals surface area (Å²) in [5, 5.41) is 4.08. The molecule has 2 nitrogen and oxygen atoms in total. The molecule has 2 heteroatoms. The van der Waals surface area contributed by atoms with Gasteiger partial charge in [0.1, 0.15) is 0 Å². The van der Waals surface area contributed by atoms with E-state index in [0.29, 0.717) is 0 Å². The molecule has 0 bridgehead atoms. The Bertz CT molecular complexity index is 124. The highest BCUT2D eigenvalue weighted by molar-refractivity contribution is 4.78. The number of rotatable bonds is 2. The third-order valence-electron chi connectivity index (χ3n) is 1.13. The summed E-state index contributed by atoms with van der Waals surface area (Å²) in [7, 11) is 0. The second-order valence-corrected chi connectivity index (χ2v) is 1.91. The minimum absolute atomic E-state index is 1.01. The summed E-state index contributed by atoms with van der Waals surface area (Å²) in [5.41, 5.74) is 0. The van der Waals surface area contributed by atoms with Gasteiger partial charge in [0, 0.05) is 12.5 Å². The van der Waals surface area contributed by atoms with Crippen LogP contribution in [0, 0.1) is 0 Å². The summed E-state index contributed by atoms with van der Waals surface area (Å²) in [4.78, 5) is 0. The Morgan fingerprint density at radius 1 is 1.75 bits per heavy atom. The Labute approximate surface area is 49.5 Å². The van der Waals surface area contributed by atoms with Crippen molar-refractivity contribution < 1.29 is 4.70 Å². The number of hydrogen-bond donors (Lipinski definition) is 0. The van der Waals surface area contributed by atoms with Crippen molar-refractivity contribution in [2.24, 2.45) is 5.11 Å². The number of hydrogen-bond acceptors (Lipinski definition) is 1. The molecule has 0 N–H and O–H groups in total. The van der Waals surface area contributed by atoms with Crippen LogP contribution in [0.15, 0.2) is 17.4 Å². The van der Waals surface area contributed by atoms with Crippen LogP contribution in [-0.4, -0.2) is 17.8 Å². The van der Waals surface area contributed by atoms with E-state index in [1.165, 1.54) is 6.42 Å². The highest BCUT2D eigenvalue weighted by Gasteiger charge is 2.03. The van der Waals surface area contributed by atoms with Crippen LogP contribution in [0.1, 0.15) is 13.3 Å². The van der Waals surface area contributed by atoms with E-state index in [9.17, 15) is 0 Å². The summed E-state index contributed by atoms with van der Waals surface area (Å²) >= 11 is 0. The predicted octanol–water partition coefficient (Wildman–Crippen LogP) is 1.39. The van der Waals surface area contributed by atoms with E-state index >= 15 is 0 Å². The maximum absolute atomic E-state index is 4.08. The smallest absolute Gasteiger partial charge is 0.119 e. The average Bonchev–Trinajstić information content (AvgIpc) is 2.19. The zero-order chi connectivity index (χ0) is 5.82. The molecule has 0 aliphatic carbocycles. The van der Waals surface area contributed by atoms with E-state index in [0.717, 1.165) is 13.1 Å². The van der Waals surface area contributed by atoms with Gasteiger partial charge < -0.3 is 0 Å². The minimum atomic E-state index is 1.01. The molecule has 1 aliphatic rings. The quantitative estimate of drug-likeness (QED) is 0.478. The van der Waals surface area contributed by atoms with Crippen LogP contribution < -0.4 is 0 Å². The van der Waals surface area contributed by atoms with Crippen molar-refractivity contribution in [3.63, 3.8) is 0 Å². The molecular formula is C6H11N2+. The third kappa shape index (κ3) is 1.15. The van der Waals surface area contributed by atoms with Crippen molar-refractivity contribution in [1.82, 2.24) is 0 Å². The van der Waals surface area contributed by atoms with Crippen LogP contribution in [0.5, 0.6) is 0 Å². The maximum Gasteiger partial charge on any atom is 0.189 e. The first-order chi connectivity index (χ1) is 3.93. The molecule has 0 unspecified atom stereocenters. The molecule has 1 heterocycles. The molecule has 0 radical (unpaired) electrons. The number of azo groups is 2. The second-order valence-electron chi connectivity index (χ2n) is 1.91. The fraction of sp³-hybridized carbons (Fsp3) is 0.667. The molecule has 0 aromatic rings. The van der Waals surface area contributed by atoms with Gasteiger partial charge in [-0.3, -0.25) is 0 Å². The van der Waals surface area contributed by atoms with Gasteiger partial charge in [-0.2, -0.15) is 0 Å². The standard InChI is InChI=1S/C6H11N2/c1-2-5-8-6-3-4-7-8/h3-4H,2,5-6H2,1H3/q+1. The van der Waals surface area contributed by atoms with Crippen LogP contribution >= 0.6 is 0 Å². The molecule has 0 atom stereocenters. The van der Waals surface area contributed by atoms with E-state index in [-0.39, 0.29) is 0 Å². The normalized spacial score (nSPS) is 16.9. The average molecular weight is 111 g/mol. The molecule has 1 aliphatic heterocycles. The lowest BCUT2D eigenvalue weighted by Crippen LogP contribution is -2.06. The molecule has 0 saturated heterocycles. The summed E-state index contributed by atoms with van der Waals surface area (Å²) in [5.74, 6) is 0. The van der Waals surface area contributed by atoms with Crippen molar-refractivity contribution in [2.75, 3.05) is 13.1 Å². The zero-order valence-electron chi connectivity index (χ0n) is 5.17. The molecule has 8 heavy (non-hydrogen) atoms. The van der Waals surface area contributed by atoms with Gasteiger partial charge in [0.25, 0.3) is 0 Å². The van der Waals surface area contributed by atoms with Gasteiger partial charge >= 0.3 is 0 Å². The van der Waals surface area contributed by atoms with E-state index in [1.807, 2.05) is 6.20 Å². The van der Waals surface area contributed by atoms with Crippen molar-refractivity contribution in [3.05, 3.63) is 12.3 Å². The fourth-order valence-electron chi connectivity index (χ4n) is 0.765. The predicted molar refractivity (Wildman–Crippen MR) is 31.9 cm³/mol. The summed E-state index contributed by atoms with van der Waals surface area (Å²) < 4.78 is 2.06. The van der Waals surface area contributed by atoms with E-state index in [1.54, 1.807) is 0 Å². The van der Waals surface area contributed by atoms with Gasteiger partial charge in [-0.15, -0.1) is 4.70 Å². The van der Waals surface area contributed by atoms with Gasteiger partial charge in [-0.1, -0.05) is 6.92 Å².